The molecule has 2 aromatic heterocycles. The zero-order valence-corrected chi connectivity index (χ0v) is 19.5. The van der Waals surface area contributed by atoms with Gasteiger partial charge >= 0.3 is 0 Å². The maximum Gasteiger partial charge on any atom is 0.262 e. The fourth-order valence-electron chi connectivity index (χ4n) is 4.13. The number of nitrogens with zero attached hydrogens (tertiary/aromatic N) is 3. The summed E-state index contributed by atoms with van der Waals surface area (Å²) in [6.45, 7) is 0.460. The largest absolute Gasteiger partial charge is 0.467 e. The monoisotopic (exact) mass is 491 g/mol. The molecule has 0 radical (unpaired) electrons. The van der Waals surface area contributed by atoms with Crippen LogP contribution in [0.15, 0.2) is 81.3 Å². The molecule has 0 spiro atoms. The van der Waals surface area contributed by atoms with Gasteiger partial charge in [0.25, 0.3) is 11.5 Å². The number of aromatic nitrogens is 2. The Morgan fingerprint density at radius 3 is 2.63 bits per heavy atom. The second-order valence-electron chi connectivity index (χ2n) is 8.29. The number of hydrogen-bond acceptors (Lipinski definition) is 6. The Morgan fingerprint density at radius 1 is 1.06 bits per heavy atom. The van der Waals surface area contributed by atoms with Crippen LogP contribution in [0.2, 0.25) is 0 Å². The zero-order chi connectivity index (χ0) is 24.4. The summed E-state index contributed by atoms with van der Waals surface area (Å²) in [6, 6.07) is 15.7. The van der Waals surface area contributed by atoms with E-state index in [1.165, 1.54) is 51.8 Å². The average Bonchev–Trinajstić information content (AvgIpc) is 3.32. The molecule has 1 aliphatic rings. The van der Waals surface area contributed by atoms with Gasteiger partial charge in [0.05, 0.1) is 29.0 Å². The molecule has 35 heavy (non-hydrogen) atoms. The van der Waals surface area contributed by atoms with Gasteiger partial charge in [0, 0.05) is 12.1 Å². The van der Waals surface area contributed by atoms with Crippen LogP contribution in [0.5, 0.6) is 0 Å². The molecule has 1 aliphatic heterocycles. The maximum atomic E-state index is 13.5. The lowest BCUT2D eigenvalue weighted by molar-refractivity contribution is -0.127. The SMILES string of the molecule is O=C(c1ccc(F)cc1)N1CCCCC(Sc2nc3ccccc3c(=O)n2Cc2ccco2)C1=O. The predicted octanol–water partition coefficient (Wildman–Crippen LogP) is 4.49. The van der Waals surface area contributed by atoms with E-state index in [4.69, 9.17) is 9.40 Å². The molecule has 9 heteroatoms. The number of carbonyl (C=O) groups excluding carboxylic acids is 2. The summed E-state index contributed by atoms with van der Waals surface area (Å²) in [6.07, 6.45) is 3.49. The molecule has 4 aromatic rings. The molecular formula is C26H22FN3O4S. The van der Waals surface area contributed by atoms with Gasteiger partial charge in [-0.3, -0.25) is 23.9 Å². The van der Waals surface area contributed by atoms with Crippen LogP contribution in [-0.4, -0.2) is 38.1 Å². The number of furan rings is 1. The molecule has 1 fully saturated rings. The van der Waals surface area contributed by atoms with E-state index in [9.17, 15) is 18.8 Å². The molecule has 0 bridgehead atoms. The van der Waals surface area contributed by atoms with Gasteiger partial charge in [-0.1, -0.05) is 30.3 Å². The Labute approximate surface area is 204 Å². The first-order valence-electron chi connectivity index (χ1n) is 11.3. The fraction of sp³-hybridized carbons (Fsp3) is 0.231. The van der Waals surface area contributed by atoms with E-state index in [2.05, 4.69) is 0 Å². The minimum Gasteiger partial charge on any atom is -0.467 e. The van der Waals surface area contributed by atoms with Crippen LogP contribution >= 0.6 is 11.8 Å². The summed E-state index contributed by atoms with van der Waals surface area (Å²) >= 11 is 1.19. The predicted molar refractivity (Wildman–Crippen MR) is 130 cm³/mol. The molecule has 0 saturated carbocycles. The van der Waals surface area contributed by atoms with E-state index in [-0.39, 0.29) is 30.1 Å². The molecule has 178 valence electrons. The lowest BCUT2D eigenvalue weighted by Crippen LogP contribution is -2.41. The van der Waals surface area contributed by atoms with Gasteiger partial charge in [-0.2, -0.15) is 0 Å². The minimum absolute atomic E-state index is 0.172. The number of likely N-dealkylation sites (tertiary alicyclic amines) is 1. The molecular weight excluding hydrogens is 469 g/mol. The quantitative estimate of drug-likeness (QED) is 0.302. The second kappa shape index (κ2) is 9.87. The van der Waals surface area contributed by atoms with E-state index < -0.39 is 17.0 Å². The molecule has 2 aromatic carbocycles. The van der Waals surface area contributed by atoms with E-state index in [1.807, 2.05) is 0 Å². The number of carbonyl (C=O) groups is 2. The van der Waals surface area contributed by atoms with Crippen molar-refractivity contribution in [1.82, 2.24) is 14.5 Å². The van der Waals surface area contributed by atoms with Crippen molar-refractivity contribution in [3.63, 3.8) is 0 Å². The third kappa shape index (κ3) is 4.77. The number of thioether (sulfide) groups is 1. The molecule has 0 aliphatic carbocycles. The van der Waals surface area contributed by atoms with Gasteiger partial charge in [0.1, 0.15) is 11.6 Å². The van der Waals surface area contributed by atoms with Crippen LogP contribution in [0.1, 0.15) is 35.4 Å². The smallest absolute Gasteiger partial charge is 0.262 e. The van der Waals surface area contributed by atoms with Gasteiger partial charge in [0.2, 0.25) is 5.91 Å². The van der Waals surface area contributed by atoms with Crippen molar-refractivity contribution in [3.05, 3.63) is 94.4 Å². The average molecular weight is 492 g/mol. The number of benzene rings is 2. The molecule has 2 amide bonds. The Hall–Kier alpha value is -3.72. The first-order valence-corrected chi connectivity index (χ1v) is 12.2. The maximum absolute atomic E-state index is 13.5. The Kier molecular flexibility index (Phi) is 6.50. The highest BCUT2D eigenvalue weighted by molar-refractivity contribution is 8.00. The van der Waals surface area contributed by atoms with Crippen molar-refractivity contribution in [2.24, 2.45) is 0 Å². The lowest BCUT2D eigenvalue weighted by Gasteiger charge is -2.23. The van der Waals surface area contributed by atoms with Crippen molar-refractivity contribution in [3.8, 4) is 0 Å². The van der Waals surface area contributed by atoms with Crippen LogP contribution in [0.3, 0.4) is 0 Å². The molecule has 1 atom stereocenters. The second-order valence-corrected chi connectivity index (χ2v) is 9.46. The van der Waals surface area contributed by atoms with E-state index >= 15 is 0 Å². The Bertz CT molecular complexity index is 1430. The molecule has 5 rings (SSSR count). The standard InChI is InChI=1S/C26H22FN3O4S/c27-18-12-10-17(11-13-18)23(31)29-14-4-3-9-22(25(29)33)35-26-28-21-8-2-1-7-20(21)24(32)30(26)16-19-6-5-15-34-19/h1-2,5-8,10-13,15,22H,3-4,9,14,16H2. The van der Waals surface area contributed by atoms with Crippen LogP contribution < -0.4 is 5.56 Å². The summed E-state index contributed by atoms with van der Waals surface area (Å²) < 4.78 is 20.3. The minimum atomic E-state index is -0.599. The number of halogens is 1. The summed E-state index contributed by atoms with van der Waals surface area (Å²) in [5.41, 5.74) is 0.565. The molecule has 0 N–H and O–H groups in total. The van der Waals surface area contributed by atoms with Crippen molar-refractivity contribution < 1.29 is 18.4 Å². The van der Waals surface area contributed by atoms with Gasteiger partial charge < -0.3 is 4.42 Å². The van der Waals surface area contributed by atoms with Gasteiger partial charge in [-0.05, 0) is 61.4 Å². The molecule has 3 heterocycles. The van der Waals surface area contributed by atoms with Crippen molar-refractivity contribution in [2.45, 2.75) is 36.2 Å². The molecule has 7 nitrogen and oxygen atoms in total. The van der Waals surface area contributed by atoms with Gasteiger partial charge in [-0.15, -0.1) is 0 Å². The van der Waals surface area contributed by atoms with E-state index in [1.54, 1.807) is 36.4 Å². The van der Waals surface area contributed by atoms with Gasteiger partial charge in [-0.25, -0.2) is 9.37 Å². The first-order chi connectivity index (χ1) is 17.0. The third-order valence-corrected chi connectivity index (χ3v) is 7.19. The Balaban J connectivity index is 1.49. The van der Waals surface area contributed by atoms with Gasteiger partial charge in [0.15, 0.2) is 5.16 Å². The van der Waals surface area contributed by atoms with Crippen molar-refractivity contribution >= 4 is 34.5 Å². The third-order valence-electron chi connectivity index (χ3n) is 5.94. The summed E-state index contributed by atoms with van der Waals surface area (Å²) in [5.74, 6) is -0.656. The highest BCUT2D eigenvalue weighted by atomic mass is 32.2. The summed E-state index contributed by atoms with van der Waals surface area (Å²) in [7, 11) is 0. The number of rotatable bonds is 5. The number of hydrogen-bond donors (Lipinski definition) is 0. The van der Waals surface area contributed by atoms with E-state index in [0.717, 1.165) is 6.42 Å². The van der Waals surface area contributed by atoms with Crippen LogP contribution in [0, 0.1) is 5.82 Å². The number of amides is 2. The van der Waals surface area contributed by atoms with Crippen LogP contribution in [-0.2, 0) is 11.3 Å². The zero-order valence-electron chi connectivity index (χ0n) is 18.7. The topological polar surface area (TPSA) is 85.4 Å². The Morgan fingerprint density at radius 2 is 1.86 bits per heavy atom. The molecule has 1 saturated heterocycles. The summed E-state index contributed by atoms with van der Waals surface area (Å²) in [4.78, 5) is 45.8. The van der Waals surface area contributed by atoms with E-state index in [0.29, 0.717) is 34.7 Å². The number of para-hydroxylation sites is 1. The highest BCUT2D eigenvalue weighted by Gasteiger charge is 2.33. The van der Waals surface area contributed by atoms with Crippen LogP contribution in [0.4, 0.5) is 4.39 Å². The van der Waals surface area contributed by atoms with Crippen molar-refractivity contribution in [1.29, 1.82) is 0 Å². The number of imide groups is 1. The summed E-state index contributed by atoms with van der Waals surface area (Å²) in [5, 5.41) is 0.265. The highest BCUT2D eigenvalue weighted by Crippen LogP contribution is 2.30. The van der Waals surface area contributed by atoms with Crippen molar-refractivity contribution in [2.75, 3.05) is 6.54 Å². The lowest BCUT2D eigenvalue weighted by atomic mass is 10.2. The first kappa shape index (κ1) is 23.0. The molecule has 1 unspecified atom stereocenters. The number of fused-ring (bicyclic) bond motifs is 1. The fourth-order valence-corrected chi connectivity index (χ4v) is 5.32. The normalized spacial score (nSPS) is 16.4. The van der Waals surface area contributed by atoms with Crippen LogP contribution in [0.25, 0.3) is 10.9 Å².